The van der Waals surface area contributed by atoms with Gasteiger partial charge in [0.05, 0.1) is 11.9 Å². The van der Waals surface area contributed by atoms with Crippen molar-refractivity contribution in [1.29, 1.82) is 0 Å². The van der Waals surface area contributed by atoms with E-state index in [9.17, 15) is 9.59 Å². The first-order valence-electron chi connectivity index (χ1n) is 10.3. The molecule has 1 N–H and O–H groups in total. The fourth-order valence-electron chi connectivity index (χ4n) is 3.06. The van der Waals surface area contributed by atoms with Crippen LogP contribution in [-0.4, -0.2) is 33.9 Å². The molecular weight excluding hydrogens is 428 g/mol. The highest BCUT2D eigenvalue weighted by Crippen LogP contribution is 2.28. The second kappa shape index (κ2) is 9.87. The molecule has 7 nitrogen and oxygen atoms in total. The van der Waals surface area contributed by atoms with Crippen LogP contribution in [0, 0.1) is 0 Å². The molecule has 2 aromatic carbocycles. The zero-order valence-electron chi connectivity index (χ0n) is 18.6. The van der Waals surface area contributed by atoms with Gasteiger partial charge in [-0.05, 0) is 57.5 Å². The van der Waals surface area contributed by atoms with Crippen molar-refractivity contribution in [3.05, 3.63) is 71.9 Å². The van der Waals surface area contributed by atoms with E-state index >= 15 is 0 Å². The lowest BCUT2D eigenvalue weighted by molar-refractivity contribution is 0.0635. The summed E-state index contributed by atoms with van der Waals surface area (Å²) in [5.41, 5.74) is 1.92. The summed E-state index contributed by atoms with van der Waals surface area (Å²) in [6, 6.07) is 16.6. The van der Waals surface area contributed by atoms with Crippen LogP contribution >= 0.6 is 11.6 Å². The van der Waals surface area contributed by atoms with Gasteiger partial charge in [-0.2, -0.15) is 0 Å². The van der Waals surface area contributed by atoms with E-state index in [1.807, 2.05) is 49.4 Å². The minimum absolute atomic E-state index is 0.237. The maximum Gasteiger partial charge on any atom is 0.412 e. The summed E-state index contributed by atoms with van der Waals surface area (Å²) in [5.74, 6) is 0.463. The van der Waals surface area contributed by atoms with Gasteiger partial charge in [0, 0.05) is 18.0 Å². The zero-order valence-corrected chi connectivity index (χ0v) is 19.4. The number of para-hydroxylation sites is 1. The monoisotopic (exact) mass is 454 g/mol. The minimum Gasteiger partial charge on any atom is -0.444 e. The molecule has 0 fully saturated rings. The molecule has 168 valence electrons. The Morgan fingerprint density at radius 3 is 2.31 bits per heavy atom. The Balaban J connectivity index is 1.99. The first kappa shape index (κ1) is 23.3. The van der Waals surface area contributed by atoms with Crippen LogP contribution < -0.4 is 10.2 Å². The summed E-state index contributed by atoms with van der Waals surface area (Å²) in [6.07, 6.45) is 1.04. The average Bonchev–Trinajstić information content (AvgIpc) is 3.16. The number of nitrogens with zero attached hydrogens (tertiary/aromatic N) is 3. The van der Waals surface area contributed by atoms with Crippen molar-refractivity contribution in [2.75, 3.05) is 16.8 Å². The number of carbonyl (C=O) groups is 2. The van der Waals surface area contributed by atoms with Crippen LogP contribution in [0.2, 0.25) is 0 Å². The molecule has 0 unspecified atom stereocenters. The quantitative estimate of drug-likeness (QED) is 0.490. The molecule has 3 rings (SSSR count). The van der Waals surface area contributed by atoms with Crippen molar-refractivity contribution >= 4 is 35.1 Å². The molecule has 0 aliphatic carbocycles. The minimum atomic E-state index is -0.663. The Morgan fingerprint density at radius 2 is 1.75 bits per heavy atom. The van der Waals surface area contributed by atoms with Gasteiger partial charge in [0.1, 0.15) is 11.3 Å². The van der Waals surface area contributed by atoms with Crippen molar-refractivity contribution in [2.45, 2.75) is 39.2 Å². The first-order chi connectivity index (χ1) is 15.2. The van der Waals surface area contributed by atoms with E-state index in [0.717, 1.165) is 11.3 Å². The third-order valence-electron chi connectivity index (χ3n) is 4.52. The molecule has 2 amide bonds. The van der Waals surface area contributed by atoms with Crippen molar-refractivity contribution in [3.63, 3.8) is 0 Å². The summed E-state index contributed by atoms with van der Waals surface area (Å²) in [4.78, 5) is 27.3. The summed E-state index contributed by atoms with van der Waals surface area (Å²) < 4.78 is 7.01. The fourth-order valence-corrected chi connectivity index (χ4v) is 3.24. The number of nitrogens with one attached hydrogen (secondary N) is 1. The number of hydrogen-bond acceptors (Lipinski definition) is 4. The number of halogens is 1. The van der Waals surface area contributed by atoms with Crippen LogP contribution in [0.4, 0.5) is 16.3 Å². The van der Waals surface area contributed by atoms with Crippen LogP contribution in [0.15, 0.2) is 60.8 Å². The zero-order chi connectivity index (χ0) is 23.3. The summed E-state index contributed by atoms with van der Waals surface area (Å²) in [7, 11) is 0. The van der Waals surface area contributed by atoms with Crippen LogP contribution in [0.1, 0.15) is 43.6 Å². The third-order valence-corrected chi connectivity index (χ3v) is 4.83. The van der Waals surface area contributed by atoms with Crippen LogP contribution in [0.25, 0.3) is 5.69 Å². The number of ether oxygens (including phenoxy) is 1. The third kappa shape index (κ3) is 5.68. The number of benzene rings is 2. The average molecular weight is 455 g/mol. The number of carbonyl (C=O) groups excluding carboxylic acids is 2. The molecule has 0 atom stereocenters. The normalized spacial score (nSPS) is 11.2. The fraction of sp³-hybridized carbons (Fsp3) is 0.292. The lowest BCUT2D eigenvalue weighted by Gasteiger charge is -2.22. The van der Waals surface area contributed by atoms with Crippen molar-refractivity contribution in [2.24, 2.45) is 0 Å². The van der Waals surface area contributed by atoms with Gasteiger partial charge in [-0.3, -0.25) is 15.0 Å². The van der Waals surface area contributed by atoms with E-state index in [4.69, 9.17) is 16.3 Å². The van der Waals surface area contributed by atoms with Gasteiger partial charge in [0.25, 0.3) is 5.91 Å². The van der Waals surface area contributed by atoms with Gasteiger partial charge >= 0.3 is 6.09 Å². The largest absolute Gasteiger partial charge is 0.444 e. The smallest absolute Gasteiger partial charge is 0.412 e. The van der Waals surface area contributed by atoms with Crippen LogP contribution in [0.3, 0.4) is 0 Å². The standard InChI is InChI=1S/C24H27ClN4O3/c1-5-28(22(30)18-13-11-17(15-25)12-14-18)21-20(26-23(31)32-24(2,3)4)16-29(27-21)19-9-7-6-8-10-19/h6-14,16H,5,15H2,1-4H3,(H,26,31). The summed E-state index contributed by atoms with van der Waals surface area (Å²) in [5, 5.41) is 7.35. The second-order valence-corrected chi connectivity index (χ2v) is 8.42. The van der Waals surface area contributed by atoms with Gasteiger partial charge in [-0.1, -0.05) is 30.3 Å². The first-order valence-corrected chi connectivity index (χ1v) is 10.9. The van der Waals surface area contributed by atoms with Crippen molar-refractivity contribution in [3.8, 4) is 5.69 Å². The molecular formula is C24H27ClN4O3. The maximum atomic E-state index is 13.3. The van der Waals surface area contributed by atoms with Crippen LogP contribution in [-0.2, 0) is 10.6 Å². The molecule has 0 radical (unpaired) electrons. The van der Waals surface area contributed by atoms with Gasteiger partial charge in [-0.15, -0.1) is 16.7 Å². The molecule has 0 saturated carbocycles. The lowest BCUT2D eigenvalue weighted by Crippen LogP contribution is -2.32. The van der Waals surface area contributed by atoms with E-state index in [1.54, 1.807) is 43.8 Å². The molecule has 1 heterocycles. The highest BCUT2D eigenvalue weighted by atomic mass is 35.5. The number of hydrogen-bond donors (Lipinski definition) is 1. The number of aromatic nitrogens is 2. The predicted molar refractivity (Wildman–Crippen MR) is 127 cm³/mol. The Morgan fingerprint density at radius 1 is 1.09 bits per heavy atom. The van der Waals surface area contributed by atoms with E-state index in [1.165, 1.54) is 4.90 Å². The predicted octanol–water partition coefficient (Wildman–Crippen LogP) is 5.62. The van der Waals surface area contributed by atoms with Gasteiger partial charge in [0.15, 0.2) is 5.82 Å². The molecule has 0 aliphatic rings. The lowest BCUT2D eigenvalue weighted by atomic mass is 10.1. The highest BCUT2D eigenvalue weighted by Gasteiger charge is 2.25. The Bertz CT molecular complexity index is 1070. The second-order valence-electron chi connectivity index (χ2n) is 8.15. The molecule has 8 heteroatoms. The molecule has 0 saturated heterocycles. The van der Waals surface area contributed by atoms with Crippen molar-refractivity contribution in [1.82, 2.24) is 9.78 Å². The summed E-state index contributed by atoms with van der Waals surface area (Å²) >= 11 is 5.86. The van der Waals surface area contributed by atoms with Crippen molar-refractivity contribution < 1.29 is 14.3 Å². The number of alkyl halides is 1. The molecule has 1 aromatic heterocycles. The van der Waals surface area contributed by atoms with Crippen LogP contribution in [0.5, 0.6) is 0 Å². The summed E-state index contributed by atoms with van der Waals surface area (Å²) in [6.45, 7) is 7.56. The number of anilines is 2. The molecule has 0 spiro atoms. The van der Waals surface area contributed by atoms with Gasteiger partial charge in [0.2, 0.25) is 0 Å². The Labute approximate surface area is 192 Å². The Hall–Kier alpha value is -3.32. The number of amides is 2. The topological polar surface area (TPSA) is 76.5 Å². The molecule has 0 aliphatic heterocycles. The SMILES string of the molecule is CCN(C(=O)c1ccc(CCl)cc1)c1nn(-c2ccccc2)cc1NC(=O)OC(C)(C)C. The van der Waals surface area contributed by atoms with E-state index in [-0.39, 0.29) is 5.91 Å². The molecule has 32 heavy (non-hydrogen) atoms. The van der Waals surface area contributed by atoms with E-state index in [2.05, 4.69) is 10.4 Å². The highest BCUT2D eigenvalue weighted by molar-refractivity contribution is 6.17. The van der Waals surface area contributed by atoms with Gasteiger partial charge in [-0.25, -0.2) is 9.48 Å². The number of rotatable bonds is 6. The molecule has 3 aromatic rings. The Kier molecular flexibility index (Phi) is 7.20. The molecule has 0 bridgehead atoms. The van der Waals surface area contributed by atoms with E-state index in [0.29, 0.717) is 29.5 Å². The van der Waals surface area contributed by atoms with Gasteiger partial charge < -0.3 is 4.74 Å². The van der Waals surface area contributed by atoms with E-state index < -0.39 is 11.7 Å². The maximum absolute atomic E-state index is 13.3.